The Bertz CT molecular complexity index is 246. The summed E-state index contributed by atoms with van der Waals surface area (Å²) in [6.07, 6.45) is 2.15. The van der Waals surface area contributed by atoms with E-state index in [-0.39, 0.29) is 18.9 Å². The van der Waals surface area contributed by atoms with Crippen LogP contribution in [0.1, 0.15) is 12.8 Å². The highest BCUT2D eigenvalue weighted by Crippen LogP contribution is 2.47. The van der Waals surface area contributed by atoms with Crippen molar-refractivity contribution >= 4 is 25.4 Å². The van der Waals surface area contributed by atoms with Gasteiger partial charge in [0.1, 0.15) is 6.23 Å². The Morgan fingerprint density at radius 3 is 3.07 bits per heavy atom. The van der Waals surface area contributed by atoms with Crippen LogP contribution in [-0.2, 0) is 13.8 Å². The first-order valence-corrected chi connectivity index (χ1v) is 6.85. The number of hydrogen-bond donors (Lipinski definition) is 4. The van der Waals surface area contributed by atoms with E-state index in [0.29, 0.717) is 0 Å². The Labute approximate surface area is 87.2 Å². The number of thiol groups is 1. The molecule has 3 N–H and O–H groups in total. The molecule has 0 bridgehead atoms. The summed E-state index contributed by atoms with van der Waals surface area (Å²) in [4.78, 5) is 8.74. The van der Waals surface area contributed by atoms with Crippen LogP contribution in [0.4, 0.5) is 0 Å². The smallest absolute Gasteiger partial charge is 0.353 e. The Morgan fingerprint density at radius 2 is 2.50 bits per heavy atom. The molecule has 0 radical (unpaired) electrons. The van der Waals surface area contributed by atoms with E-state index in [1.54, 1.807) is 0 Å². The average Bonchev–Trinajstić information content (AvgIpc) is 2.49. The molecule has 1 rings (SSSR count). The molecule has 3 atom stereocenters. The minimum absolute atomic E-state index is 0.0491. The summed E-state index contributed by atoms with van der Waals surface area (Å²) in [5, 5.41) is 9.48. The third-order valence-electron chi connectivity index (χ3n) is 1.81. The van der Waals surface area contributed by atoms with Gasteiger partial charge >= 0.3 is 6.80 Å². The Kier molecular flexibility index (Phi) is 4.40. The van der Waals surface area contributed by atoms with E-state index >= 15 is 0 Å². The van der Waals surface area contributed by atoms with Crippen LogP contribution in [0.25, 0.3) is 0 Å². The van der Waals surface area contributed by atoms with Crippen LogP contribution >= 0.6 is 19.0 Å². The topological polar surface area (TPSA) is 91.6 Å². The van der Waals surface area contributed by atoms with Crippen molar-refractivity contribution < 1.29 is 18.7 Å². The van der Waals surface area contributed by atoms with Gasteiger partial charge in [-0.25, -0.2) is 4.57 Å². The van der Waals surface area contributed by atoms with Crippen molar-refractivity contribution in [3.8, 4) is 0 Å². The number of nitrogens with one attached hydrogen (secondary N) is 2. The van der Waals surface area contributed by atoms with Crippen molar-refractivity contribution in [2.45, 2.75) is 25.2 Å². The van der Waals surface area contributed by atoms with Gasteiger partial charge in [0.05, 0.1) is 19.0 Å². The fraction of sp³-hybridized carbons (Fsp3) is 0.833. The third kappa shape index (κ3) is 4.43. The summed E-state index contributed by atoms with van der Waals surface area (Å²) in [5.74, 6) is 0. The number of ether oxygens (including phenoxy) is 1. The first-order chi connectivity index (χ1) is 6.51. The molecule has 0 aromatic carbocycles. The van der Waals surface area contributed by atoms with Gasteiger partial charge in [-0.2, -0.15) is 0 Å². The second kappa shape index (κ2) is 5.14. The molecule has 0 aromatic rings. The molecule has 1 aliphatic heterocycles. The van der Waals surface area contributed by atoms with Gasteiger partial charge in [0, 0.05) is 0 Å². The molecule has 0 amide bonds. The summed E-state index contributed by atoms with van der Waals surface area (Å²) >= 11 is 3.37. The molecule has 0 aliphatic carbocycles. The van der Waals surface area contributed by atoms with Gasteiger partial charge in [0.2, 0.25) is 0 Å². The molecule has 0 saturated carbocycles. The lowest BCUT2D eigenvalue weighted by Crippen LogP contribution is -2.28. The molecular formula is C6H13N2O4PS. The molecule has 1 fully saturated rings. The molecule has 1 aliphatic rings. The van der Waals surface area contributed by atoms with Gasteiger partial charge in [-0.05, 0) is 12.8 Å². The standard InChI is InChI=1S/C6H13N2O4PS/c7-4-8-6-2-1-5(12-6)3-11-13(9,10)14/h4-6H,1-3H2,(H2,7,8)(H2,9,10,14)/t5-,6+/m0/s1. The van der Waals surface area contributed by atoms with Crippen molar-refractivity contribution in [2.24, 2.45) is 0 Å². The molecule has 1 heterocycles. The van der Waals surface area contributed by atoms with Crippen LogP contribution < -0.4 is 5.32 Å². The predicted octanol–water partition coefficient (Wildman–Crippen LogP) is 0.735. The zero-order valence-corrected chi connectivity index (χ0v) is 9.21. The lowest BCUT2D eigenvalue weighted by molar-refractivity contribution is 0.0111. The van der Waals surface area contributed by atoms with E-state index in [1.807, 2.05) is 0 Å². The number of rotatable bonds is 5. The molecule has 8 heteroatoms. The average molecular weight is 240 g/mol. The highest BCUT2D eigenvalue weighted by Gasteiger charge is 2.26. The maximum atomic E-state index is 10.7. The lowest BCUT2D eigenvalue weighted by atomic mass is 10.2. The van der Waals surface area contributed by atoms with Crippen LogP contribution in [0.15, 0.2) is 0 Å². The van der Waals surface area contributed by atoms with Gasteiger partial charge in [0.15, 0.2) is 0 Å². The van der Waals surface area contributed by atoms with E-state index in [2.05, 4.69) is 22.1 Å². The Hall–Kier alpha value is -0.0700. The van der Waals surface area contributed by atoms with E-state index < -0.39 is 6.80 Å². The second-order valence-corrected chi connectivity index (χ2v) is 5.68. The van der Waals surface area contributed by atoms with Crippen molar-refractivity contribution in [1.29, 1.82) is 5.41 Å². The van der Waals surface area contributed by atoms with E-state index in [9.17, 15) is 4.57 Å². The lowest BCUT2D eigenvalue weighted by Gasteiger charge is -2.13. The van der Waals surface area contributed by atoms with Gasteiger partial charge in [0.25, 0.3) is 0 Å². The molecule has 82 valence electrons. The zero-order chi connectivity index (χ0) is 10.6. The van der Waals surface area contributed by atoms with Crippen LogP contribution in [0.3, 0.4) is 0 Å². The van der Waals surface area contributed by atoms with Crippen LogP contribution in [0.2, 0.25) is 0 Å². The van der Waals surface area contributed by atoms with Crippen molar-refractivity contribution in [3.63, 3.8) is 0 Å². The van der Waals surface area contributed by atoms with E-state index in [4.69, 9.17) is 15.0 Å². The highest BCUT2D eigenvalue weighted by molar-refractivity contribution is 8.44. The van der Waals surface area contributed by atoms with Crippen LogP contribution in [0, 0.1) is 5.41 Å². The van der Waals surface area contributed by atoms with E-state index in [1.165, 1.54) is 0 Å². The zero-order valence-electron chi connectivity index (χ0n) is 7.42. The molecule has 1 saturated heterocycles. The Morgan fingerprint density at radius 1 is 1.79 bits per heavy atom. The van der Waals surface area contributed by atoms with Crippen molar-refractivity contribution in [1.82, 2.24) is 5.32 Å². The fourth-order valence-electron chi connectivity index (χ4n) is 1.22. The molecule has 0 aromatic heterocycles. The molecule has 1 unspecified atom stereocenters. The summed E-state index contributed by atoms with van der Waals surface area (Å²) < 4.78 is 20.6. The maximum absolute atomic E-state index is 10.7. The first kappa shape index (κ1) is 12.0. The quantitative estimate of drug-likeness (QED) is 0.246. The normalized spacial score (nSPS) is 31.0. The van der Waals surface area contributed by atoms with Crippen LogP contribution in [-0.4, -0.2) is 30.2 Å². The molecule has 0 spiro atoms. The van der Waals surface area contributed by atoms with Gasteiger partial charge in [-0.3, -0.25) is 9.93 Å². The fourth-order valence-corrected chi connectivity index (χ4v) is 1.78. The van der Waals surface area contributed by atoms with Crippen molar-refractivity contribution in [3.05, 3.63) is 0 Å². The van der Waals surface area contributed by atoms with Gasteiger partial charge in [-0.1, -0.05) is 12.2 Å². The first-order valence-electron chi connectivity index (χ1n) is 4.12. The Balaban J connectivity index is 2.22. The predicted molar refractivity (Wildman–Crippen MR) is 54.6 cm³/mol. The monoisotopic (exact) mass is 240 g/mol. The summed E-state index contributed by atoms with van der Waals surface area (Å²) in [6, 6.07) is 0. The molecule has 14 heavy (non-hydrogen) atoms. The van der Waals surface area contributed by atoms with Gasteiger partial charge in [-0.15, -0.1) is 0 Å². The minimum Gasteiger partial charge on any atom is -0.353 e. The SMILES string of the molecule is N=CN[C@H]1CC[C@@H](COP(=O)(O)S)O1. The van der Waals surface area contributed by atoms with Crippen molar-refractivity contribution in [2.75, 3.05) is 6.61 Å². The van der Waals surface area contributed by atoms with Crippen LogP contribution in [0.5, 0.6) is 0 Å². The number of hydrogen-bond acceptors (Lipinski definition) is 4. The maximum Gasteiger partial charge on any atom is 0.383 e. The summed E-state index contributed by atoms with van der Waals surface area (Å²) in [5.41, 5.74) is 0. The third-order valence-corrected chi connectivity index (χ3v) is 2.64. The van der Waals surface area contributed by atoms with Gasteiger partial charge < -0.3 is 14.9 Å². The largest absolute Gasteiger partial charge is 0.383 e. The summed E-state index contributed by atoms with van der Waals surface area (Å²) in [7, 11) is 0. The minimum atomic E-state index is -3.70. The molecular weight excluding hydrogens is 227 g/mol. The highest BCUT2D eigenvalue weighted by atomic mass is 32.7. The summed E-state index contributed by atoms with van der Waals surface area (Å²) in [6.45, 7) is -3.66. The van der Waals surface area contributed by atoms with E-state index in [0.717, 1.165) is 19.2 Å². The molecule has 6 nitrogen and oxygen atoms in total. The second-order valence-electron chi connectivity index (χ2n) is 2.92.